The summed E-state index contributed by atoms with van der Waals surface area (Å²) in [7, 11) is 0. The molecule has 0 saturated heterocycles. The number of hydrogen-bond acceptors (Lipinski definition) is 1. The van der Waals surface area contributed by atoms with E-state index in [1.165, 1.54) is 15.2 Å². The zero-order valence-electron chi connectivity index (χ0n) is 14.6. The van der Waals surface area contributed by atoms with Crippen molar-refractivity contribution in [2.75, 3.05) is 0 Å². The average molecular weight is 425 g/mol. The van der Waals surface area contributed by atoms with Gasteiger partial charge in [0.15, 0.2) is 0 Å². The maximum absolute atomic E-state index is 14.4. The van der Waals surface area contributed by atoms with Gasteiger partial charge in [0.2, 0.25) is 0 Å². The van der Waals surface area contributed by atoms with Gasteiger partial charge in [-0.2, -0.15) is 0 Å². The van der Waals surface area contributed by atoms with Gasteiger partial charge in [0, 0.05) is 0 Å². The van der Waals surface area contributed by atoms with Crippen molar-refractivity contribution < 1.29 is 8.78 Å². The van der Waals surface area contributed by atoms with Crippen LogP contribution >= 0.6 is 0 Å². The summed E-state index contributed by atoms with van der Waals surface area (Å²) in [5.74, 6) is -1.00. The fraction of sp³-hybridized carbons (Fsp3) is 0.0455. The van der Waals surface area contributed by atoms with E-state index in [4.69, 9.17) is 0 Å². The van der Waals surface area contributed by atoms with Crippen LogP contribution in [0.5, 0.6) is 0 Å². The van der Waals surface area contributed by atoms with Crippen molar-refractivity contribution in [2.24, 2.45) is 0 Å². The van der Waals surface area contributed by atoms with E-state index < -0.39 is 11.6 Å². The van der Waals surface area contributed by atoms with E-state index in [0.29, 0.717) is 0 Å². The van der Waals surface area contributed by atoms with Gasteiger partial charge < -0.3 is 0 Å². The summed E-state index contributed by atoms with van der Waals surface area (Å²) in [6.07, 6.45) is 1.76. The molecule has 0 aliphatic rings. The normalized spacial score (nSPS) is 10.9. The number of aryl methyl sites for hydroxylation is 1. The van der Waals surface area contributed by atoms with Crippen LogP contribution in [0.1, 0.15) is 5.56 Å². The predicted molar refractivity (Wildman–Crippen MR) is 105 cm³/mol. The van der Waals surface area contributed by atoms with Crippen LogP contribution in [0.2, 0.25) is 0 Å². The van der Waals surface area contributed by atoms with Gasteiger partial charge in [-0.25, -0.2) is 0 Å². The first-order chi connectivity index (χ1) is 13.1. The molecule has 0 spiro atoms. The Kier molecular flexibility index (Phi) is 4.88. The minimum atomic E-state index is -0.508. The second kappa shape index (κ2) is 7.47. The van der Waals surface area contributed by atoms with Crippen molar-refractivity contribution >= 4 is 23.9 Å². The molecule has 5 heteroatoms. The molecule has 0 N–H and O–H groups in total. The van der Waals surface area contributed by atoms with Crippen molar-refractivity contribution in [1.82, 2.24) is 9.78 Å². The number of nitrogens with zero attached hydrogens (tertiary/aromatic N) is 2. The summed E-state index contributed by atoms with van der Waals surface area (Å²) in [5.41, 5.74) is 2.97. The number of benzene rings is 3. The van der Waals surface area contributed by atoms with Crippen LogP contribution in [0, 0.1) is 18.6 Å². The molecule has 0 amide bonds. The number of hydrogen-bond donors (Lipinski definition) is 0. The van der Waals surface area contributed by atoms with Gasteiger partial charge in [-0.1, -0.05) is 0 Å². The third kappa shape index (κ3) is 3.70. The molecule has 134 valence electrons. The SMILES string of the molecule is Cc1ccc(-c2c([Se]c3ccccc3)cnn2-c2cc(F)ccc2F)cc1. The molecule has 0 atom stereocenters. The molecule has 0 aliphatic carbocycles. The van der Waals surface area contributed by atoms with Crippen LogP contribution < -0.4 is 8.92 Å². The monoisotopic (exact) mass is 426 g/mol. The van der Waals surface area contributed by atoms with Crippen LogP contribution in [0.15, 0.2) is 79.0 Å². The Morgan fingerprint density at radius 1 is 0.889 bits per heavy atom. The Hall–Kier alpha value is -2.75. The third-order valence-electron chi connectivity index (χ3n) is 4.17. The summed E-state index contributed by atoms with van der Waals surface area (Å²) in [6.45, 7) is 2.02. The van der Waals surface area contributed by atoms with E-state index in [-0.39, 0.29) is 20.6 Å². The Labute approximate surface area is 162 Å². The molecular weight excluding hydrogens is 409 g/mol. The molecule has 4 aromatic rings. The van der Waals surface area contributed by atoms with Crippen molar-refractivity contribution in [3.8, 4) is 16.9 Å². The molecule has 1 aromatic heterocycles. The number of halogens is 2. The van der Waals surface area contributed by atoms with Gasteiger partial charge in [0.25, 0.3) is 0 Å². The average Bonchev–Trinajstić information content (AvgIpc) is 3.08. The zero-order chi connectivity index (χ0) is 18.8. The van der Waals surface area contributed by atoms with E-state index in [1.807, 2.05) is 49.4 Å². The Morgan fingerprint density at radius 2 is 1.63 bits per heavy atom. The first-order valence-electron chi connectivity index (χ1n) is 8.45. The standard InChI is InChI=1S/C22H16F2N2Se/c1-15-7-9-16(10-8-15)22-21(27-18-5-3-2-4-6-18)14-25-26(22)20-13-17(23)11-12-19(20)24/h2-14H,1H3. The van der Waals surface area contributed by atoms with Crippen LogP contribution in [0.3, 0.4) is 0 Å². The molecule has 2 nitrogen and oxygen atoms in total. The topological polar surface area (TPSA) is 17.8 Å². The van der Waals surface area contributed by atoms with E-state index in [1.54, 1.807) is 6.20 Å². The first kappa shape index (κ1) is 17.7. The molecule has 0 bridgehead atoms. The zero-order valence-corrected chi connectivity index (χ0v) is 16.3. The van der Waals surface area contributed by atoms with Crippen LogP contribution in [0.4, 0.5) is 8.78 Å². The van der Waals surface area contributed by atoms with E-state index in [2.05, 4.69) is 17.2 Å². The second-order valence-corrected chi connectivity index (χ2v) is 8.49. The fourth-order valence-corrected chi connectivity index (χ4v) is 4.82. The van der Waals surface area contributed by atoms with Crippen LogP contribution in [0.25, 0.3) is 16.9 Å². The number of rotatable bonds is 4. The molecular formula is C22H16F2N2Se. The fourth-order valence-electron chi connectivity index (χ4n) is 2.83. The molecule has 0 fully saturated rings. The molecule has 4 rings (SSSR count). The van der Waals surface area contributed by atoms with Gasteiger partial charge in [0.05, 0.1) is 0 Å². The van der Waals surface area contributed by atoms with Gasteiger partial charge in [-0.15, -0.1) is 0 Å². The summed E-state index contributed by atoms with van der Waals surface area (Å²) >= 11 is -0.0104. The summed E-state index contributed by atoms with van der Waals surface area (Å²) in [5, 5.41) is 4.41. The van der Waals surface area contributed by atoms with E-state index in [0.717, 1.165) is 33.4 Å². The van der Waals surface area contributed by atoms with Gasteiger partial charge in [-0.3, -0.25) is 0 Å². The van der Waals surface area contributed by atoms with Crippen molar-refractivity contribution in [3.63, 3.8) is 0 Å². The van der Waals surface area contributed by atoms with Crippen molar-refractivity contribution in [2.45, 2.75) is 6.92 Å². The van der Waals surface area contributed by atoms with Crippen molar-refractivity contribution in [3.05, 3.63) is 96.2 Å². The molecule has 3 aromatic carbocycles. The minimum absolute atomic E-state index is 0.0104. The summed E-state index contributed by atoms with van der Waals surface area (Å²) in [6, 6.07) is 21.5. The van der Waals surface area contributed by atoms with Crippen LogP contribution in [-0.4, -0.2) is 24.7 Å². The molecule has 0 aliphatic heterocycles. The maximum atomic E-state index is 14.4. The predicted octanol–water partition coefficient (Wildman–Crippen LogP) is 3.78. The summed E-state index contributed by atoms with van der Waals surface area (Å²) < 4.78 is 31.9. The Bertz CT molecular complexity index is 1070. The van der Waals surface area contributed by atoms with Crippen LogP contribution in [-0.2, 0) is 0 Å². The van der Waals surface area contributed by atoms with E-state index in [9.17, 15) is 8.78 Å². The molecule has 1 heterocycles. The van der Waals surface area contributed by atoms with Crippen molar-refractivity contribution in [1.29, 1.82) is 0 Å². The number of aromatic nitrogens is 2. The first-order valence-corrected chi connectivity index (χ1v) is 10.2. The van der Waals surface area contributed by atoms with E-state index >= 15 is 0 Å². The molecule has 0 saturated carbocycles. The Morgan fingerprint density at radius 3 is 2.37 bits per heavy atom. The van der Waals surface area contributed by atoms with Gasteiger partial charge in [0.1, 0.15) is 0 Å². The summed E-state index contributed by atoms with van der Waals surface area (Å²) in [4.78, 5) is 0. The molecule has 27 heavy (non-hydrogen) atoms. The second-order valence-electron chi connectivity index (χ2n) is 6.15. The van der Waals surface area contributed by atoms with Gasteiger partial charge in [-0.05, 0) is 0 Å². The third-order valence-corrected chi connectivity index (χ3v) is 6.32. The molecule has 0 unspecified atom stereocenters. The van der Waals surface area contributed by atoms with Gasteiger partial charge >= 0.3 is 163 Å². The Balaban J connectivity index is 1.89. The quantitative estimate of drug-likeness (QED) is 0.455. The molecule has 0 radical (unpaired) electrons.